The standard InChI is InChI=1S/C28H37N5O6.C27H35N5O6.C27H34N4O7/c1-15(2)23-27(38)30-17(4)21(32-26(37)22-20(34)12-9-13-29-22)25(36)31-19(14-18-10-7-6-8-11-18)24(35)16(3)28(39)33(23)5;1-14(2)20-25(36)29-16(4)21(32-27(38)22-19(33)11-8-12-28-22)26(37)30-18(13-17-9-6-5-7-10-17)23(34)15(3)24(35)31-20;1-14(2)23-26(36)29-16(4)20(31-25(35)21-19(32)11-8-12-28-21)24(34)30-18(13-17-9-6-5-7-10-17)22(33)15(3)27(37)38-23/h6-13,15-17,19,21,23-24,34-35H,14H2,1-5H3,(H,30,38)(H,31,36)(H,32,37);5-12,14-16,18,20-21,23,33-34H,13H2,1-4H3,(H,29,36)(H,30,37)(H,31,35)(H,32,38);5-12,14-16,18,20,22-23,32-33H,13H2,1-4H3,(H,29,36)(H,30,34)(H,31,35)/t16-,17-,19+,21+,23?,24+;15-,16-,18+,20?,21+,23+;15-,16-,18+,20+,22+,23?/m111/s1. The number of aliphatic hydroxyl groups is 3. The number of aromatic hydroxyl groups is 3. The van der Waals surface area contributed by atoms with Crippen molar-refractivity contribution in [3.05, 3.63) is 180 Å². The van der Waals surface area contributed by atoms with Gasteiger partial charge in [0.05, 0.1) is 72.3 Å². The van der Waals surface area contributed by atoms with E-state index in [1.165, 1.54) is 94.6 Å². The summed E-state index contributed by atoms with van der Waals surface area (Å²) in [4.78, 5) is 171. The second kappa shape index (κ2) is 41.7. The maximum atomic E-state index is 13.6. The highest BCUT2D eigenvalue weighted by atomic mass is 16.6. The van der Waals surface area contributed by atoms with Crippen molar-refractivity contribution < 1.29 is 92.9 Å². The highest BCUT2D eigenvalue weighted by Gasteiger charge is 2.45. The third-order valence-electron chi connectivity index (χ3n) is 20.2. The number of ether oxygens (including phenoxy) is 1. The van der Waals surface area contributed by atoms with E-state index in [-0.39, 0.29) is 65.4 Å². The van der Waals surface area contributed by atoms with Gasteiger partial charge in [-0.15, -0.1) is 0 Å². The van der Waals surface area contributed by atoms with Crippen LogP contribution < -0.4 is 53.2 Å². The fraction of sp³-hybridized carbons (Fsp3) is 0.451. The fourth-order valence-corrected chi connectivity index (χ4v) is 13.4. The van der Waals surface area contributed by atoms with E-state index in [0.717, 1.165) is 16.7 Å². The fourth-order valence-electron chi connectivity index (χ4n) is 13.4. The number of nitrogens with zero attached hydrogens (tertiary/aromatic N) is 4. The number of hydrogen-bond acceptors (Lipinski definition) is 22. The molecule has 618 valence electrons. The summed E-state index contributed by atoms with van der Waals surface area (Å²) in [5.41, 5.74) is 1.57. The van der Waals surface area contributed by atoms with E-state index in [1.807, 2.05) is 91.0 Å². The van der Waals surface area contributed by atoms with Crippen LogP contribution in [0.25, 0.3) is 0 Å². The quantitative estimate of drug-likeness (QED) is 0.0649. The SMILES string of the molecule is CC(C)C1C(=O)N[C@H](C)[C@H](NC(=O)c2ncccc2O)C(=O)N[C@@H](Cc2ccccc2)[C@@H](O)[C@@H](C)C(=O)N1C.CC(C)C1NC(=O)[C@H](C)[C@H](O)[C@H](Cc2ccccc2)NC(=O)[C@@H](NC(=O)c2ncccc2O)[C@@H](C)NC1=O.CC(C)C1OC(=O)[C@H](C)[C@H](O)[C@H](Cc2ccccc2)NC(=O)[C@@H](NC(=O)c2ncccc2O)[C@@H](C)NC1=O. The maximum absolute atomic E-state index is 13.6. The Morgan fingerprint density at radius 1 is 0.400 bits per heavy atom. The largest absolute Gasteiger partial charge is 0.505 e. The summed E-state index contributed by atoms with van der Waals surface area (Å²) in [7, 11) is 1.51. The molecule has 33 heteroatoms. The van der Waals surface area contributed by atoms with Gasteiger partial charge >= 0.3 is 5.97 Å². The minimum atomic E-state index is -1.37. The summed E-state index contributed by atoms with van der Waals surface area (Å²) < 4.78 is 5.50. The Labute approximate surface area is 666 Å². The predicted molar refractivity (Wildman–Crippen MR) is 419 cm³/mol. The molecular formula is C82H106N14O19. The number of cyclic esters (lactones) is 1. The lowest BCUT2D eigenvalue weighted by Gasteiger charge is -2.38. The Balaban J connectivity index is 0.000000239. The number of rotatable bonds is 15. The predicted octanol–water partition coefficient (Wildman–Crippen LogP) is 1.58. The van der Waals surface area contributed by atoms with Gasteiger partial charge in [-0.3, -0.25) is 57.5 Å². The van der Waals surface area contributed by atoms with Crippen LogP contribution in [0.2, 0.25) is 0 Å². The summed E-state index contributed by atoms with van der Waals surface area (Å²) in [6.07, 6.45) is -0.588. The third-order valence-corrected chi connectivity index (χ3v) is 20.2. The van der Waals surface area contributed by atoms with Crippen molar-refractivity contribution in [2.75, 3.05) is 7.05 Å². The first-order chi connectivity index (χ1) is 54.4. The normalized spacial score (nSPS) is 26.8. The number of esters is 1. The molecule has 3 aromatic heterocycles. The molecule has 33 nitrogen and oxygen atoms in total. The molecule has 16 N–H and O–H groups in total. The van der Waals surface area contributed by atoms with Gasteiger partial charge in [0.15, 0.2) is 23.2 Å². The monoisotopic (exact) mass is 1590 g/mol. The van der Waals surface area contributed by atoms with E-state index in [9.17, 15) is 88.2 Å². The molecule has 6 aromatic rings. The molecule has 0 saturated carbocycles. The van der Waals surface area contributed by atoms with E-state index in [2.05, 4.69) is 68.1 Å². The van der Waals surface area contributed by atoms with Crippen LogP contribution in [-0.4, -0.2) is 219 Å². The number of amides is 11. The Kier molecular flexibility index (Phi) is 32.7. The number of carbonyl (C=O) groups excluding carboxylic acids is 12. The number of benzene rings is 3. The molecule has 3 aliphatic rings. The average Bonchev–Trinajstić information content (AvgIpc) is 0.825. The number of aromatic nitrogens is 3. The van der Waals surface area contributed by atoms with Crippen molar-refractivity contribution in [1.82, 2.24) is 73.0 Å². The third kappa shape index (κ3) is 24.3. The van der Waals surface area contributed by atoms with Gasteiger partial charge in [0.25, 0.3) is 23.6 Å². The molecule has 3 aromatic carbocycles. The summed E-state index contributed by atoms with van der Waals surface area (Å²) in [6, 6.07) is 24.3. The van der Waals surface area contributed by atoms with Crippen molar-refractivity contribution in [2.24, 2.45) is 35.5 Å². The van der Waals surface area contributed by atoms with Crippen LogP contribution in [0.1, 0.15) is 131 Å². The van der Waals surface area contributed by atoms with Crippen LogP contribution in [0, 0.1) is 35.5 Å². The molecule has 3 fully saturated rings. The zero-order valence-corrected chi connectivity index (χ0v) is 66.4. The molecule has 6 heterocycles. The highest BCUT2D eigenvalue weighted by molar-refractivity contribution is 6.01. The van der Waals surface area contributed by atoms with Crippen molar-refractivity contribution in [3.63, 3.8) is 0 Å². The number of likely N-dealkylation sites (N-methyl/N-ethyl adjacent to an activating group) is 1. The minimum Gasteiger partial charge on any atom is -0.505 e. The van der Waals surface area contributed by atoms with Crippen molar-refractivity contribution in [1.29, 1.82) is 0 Å². The van der Waals surface area contributed by atoms with Crippen LogP contribution in [0.3, 0.4) is 0 Å². The van der Waals surface area contributed by atoms with Gasteiger partial charge in [-0.25, -0.2) is 15.0 Å². The molecule has 0 radical (unpaired) electrons. The van der Waals surface area contributed by atoms with E-state index in [0.29, 0.717) is 0 Å². The van der Waals surface area contributed by atoms with Gasteiger partial charge in [-0.1, -0.05) is 146 Å². The number of aliphatic hydroxyl groups excluding tert-OH is 3. The van der Waals surface area contributed by atoms with Gasteiger partial charge in [0, 0.05) is 25.6 Å². The molecule has 9 rings (SSSR count). The maximum Gasteiger partial charge on any atom is 0.312 e. The molecule has 0 aliphatic carbocycles. The summed E-state index contributed by atoms with van der Waals surface area (Å²) in [5, 5.41) is 90.7. The van der Waals surface area contributed by atoms with Crippen molar-refractivity contribution in [2.45, 2.75) is 193 Å². The highest BCUT2D eigenvalue weighted by Crippen LogP contribution is 2.25. The van der Waals surface area contributed by atoms with Gasteiger partial charge in [0.2, 0.25) is 41.4 Å². The molecule has 0 bridgehead atoms. The van der Waals surface area contributed by atoms with Crippen LogP contribution in [0.4, 0.5) is 0 Å². The first-order valence-corrected chi connectivity index (χ1v) is 38.0. The van der Waals surface area contributed by atoms with Crippen molar-refractivity contribution >= 4 is 70.9 Å². The smallest absolute Gasteiger partial charge is 0.312 e. The topological polar surface area (TPSA) is 498 Å². The summed E-state index contributed by atoms with van der Waals surface area (Å²) in [6.45, 7) is 19.6. The first-order valence-electron chi connectivity index (χ1n) is 38.0. The number of nitrogens with one attached hydrogen (secondary N) is 10. The molecule has 3 saturated heterocycles. The molecule has 11 amide bonds. The molecular weight excluding hydrogens is 1480 g/mol. The molecule has 115 heavy (non-hydrogen) atoms. The molecule has 18 atom stereocenters. The van der Waals surface area contributed by atoms with Gasteiger partial charge in [0.1, 0.15) is 47.5 Å². The number of hydrogen-bond donors (Lipinski definition) is 16. The lowest BCUT2D eigenvalue weighted by Crippen LogP contribution is -2.64. The average molecular weight is 1590 g/mol. The molecule has 3 aliphatic heterocycles. The van der Waals surface area contributed by atoms with Crippen LogP contribution in [0.15, 0.2) is 146 Å². The number of carbonyl (C=O) groups is 12. The first kappa shape index (κ1) is 90.2. The van der Waals surface area contributed by atoms with E-state index >= 15 is 0 Å². The van der Waals surface area contributed by atoms with Crippen LogP contribution in [0.5, 0.6) is 17.2 Å². The Morgan fingerprint density at radius 2 is 0.730 bits per heavy atom. The second-order valence-corrected chi connectivity index (χ2v) is 30.1. The summed E-state index contributed by atoms with van der Waals surface area (Å²) >= 11 is 0. The van der Waals surface area contributed by atoms with E-state index < -0.39 is 185 Å². The Morgan fingerprint density at radius 3 is 1.06 bits per heavy atom. The minimum absolute atomic E-state index is 0.182. The lowest BCUT2D eigenvalue weighted by molar-refractivity contribution is -0.166. The summed E-state index contributed by atoms with van der Waals surface area (Å²) in [5.74, 6) is -13.1. The van der Waals surface area contributed by atoms with Gasteiger partial charge in [-0.05, 0) is 118 Å². The number of pyridine rings is 3. The molecule has 3 unspecified atom stereocenters. The van der Waals surface area contributed by atoms with E-state index in [4.69, 9.17) is 4.74 Å². The van der Waals surface area contributed by atoms with Crippen LogP contribution in [-0.2, 0) is 67.2 Å². The van der Waals surface area contributed by atoms with E-state index in [1.54, 1.807) is 55.4 Å². The van der Waals surface area contributed by atoms with Gasteiger partial charge < -0.3 is 93.4 Å². The zero-order valence-electron chi connectivity index (χ0n) is 66.4. The zero-order chi connectivity index (χ0) is 84.8. The Bertz CT molecular complexity index is 4190. The lowest BCUT2D eigenvalue weighted by atomic mass is 9.90. The van der Waals surface area contributed by atoms with Crippen molar-refractivity contribution in [3.8, 4) is 17.2 Å². The Hall–Kier alpha value is -12.0. The van der Waals surface area contributed by atoms with Crippen LogP contribution >= 0.6 is 0 Å². The molecule has 0 spiro atoms. The second-order valence-electron chi connectivity index (χ2n) is 30.1. The van der Waals surface area contributed by atoms with Gasteiger partial charge in [-0.2, -0.15) is 0 Å².